The minimum atomic E-state index is -0.997. The lowest BCUT2D eigenvalue weighted by atomic mass is 9.84. The third-order valence-electron chi connectivity index (χ3n) is 6.62. The van der Waals surface area contributed by atoms with Crippen LogP contribution in [0.3, 0.4) is 0 Å². The number of carbonyl (C=O) groups excluding carboxylic acids is 3. The van der Waals surface area contributed by atoms with Crippen molar-refractivity contribution in [1.29, 1.82) is 5.26 Å². The molecule has 1 fully saturated rings. The summed E-state index contributed by atoms with van der Waals surface area (Å²) in [5.41, 5.74) is 2.73. The molecule has 1 aliphatic heterocycles. The van der Waals surface area contributed by atoms with E-state index in [1.807, 2.05) is 66.7 Å². The second-order valence-electron chi connectivity index (χ2n) is 8.98. The Morgan fingerprint density at radius 2 is 1.71 bits per heavy atom. The number of pyridine rings is 1. The van der Waals surface area contributed by atoms with Crippen LogP contribution in [0.5, 0.6) is 0 Å². The molecule has 2 heterocycles. The molecule has 0 bridgehead atoms. The van der Waals surface area contributed by atoms with Crippen LogP contribution in [0.4, 0.5) is 4.79 Å². The third-order valence-corrected chi connectivity index (χ3v) is 6.62. The summed E-state index contributed by atoms with van der Waals surface area (Å²) in [6.45, 7) is 0.613. The molecule has 4 rings (SSSR count). The van der Waals surface area contributed by atoms with Crippen molar-refractivity contribution in [2.24, 2.45) is 0 Å². The van der Waals surface area contributed by atoms with Crippen molar-refractivity contribution in [2.75, 3.05) is 13.7 Å². The van der Waals surface area contributed by atoms with Crippen LogP contribution in [0.1, 0.15) is 41.1 Å². The van der Waals surface area contributed by atoms with E-state index in [0.29, 0.717) is 25.1 Å². The average molecular weight is 512 g/mol. The van der Waals surface area contributed by atoms with Crippen LogP contribution in [0.2, 0.25) is 0 Å². The van der Waals surface area contributed by atoms with Gasteiger partial charge in [0, 0.05) is 25.2 Å². The van der Waals surface area contributed by atoms with Gasteiger partial charge < -0.3 is 20.3 Å². The molecule has 0 saturated carbocycles. The molecule has 3 aromatic rings. The van der Waals surface area contributed by atoms with E-state index in [2.05, 4.69) is 15.6 Å². The fourth-order valence-corrected chi connectivity index (χ4v) is 4.76. The number of alkyl carbamates (subject to hydrolysis) is 1. The lowest BCUT2D eigenvalue weighted by molar-refractivity contribution is -0.140. The van der Waals surface area contributed by atoms with Gasteiger partial charge in [0.25, 0.3) is 0 Å². The summed E-state index contributed by atoms with van der Waals surface area (Å²) < 4.78 is 4.87. The zero-order valence-electron chi connectivity index (χ0n) is 21.0. The summed E-state index contributed by atoms with van der Waals surface area (Å²) in [5.74, 6) is -1.14. The Bertz CT molecular complexity index is 1250. The highest BCUT2D eigenvalue weighted by Gasteiger charge is 2.41. The molecule has 0 radical (unpaired) electrons. The van der Waals surface area contributed by atoms with Crippen molar-refractivity contribution in [3.8, 4) is 6.07 Å². The van der Waals surface area contributed by atoms with Crippen LogP contribution in [0.25, 0.3) is 0 Å². The summed E-state index contributed by atoms with van der Waals surface area (Å²) in [5, 5.41) is 14.5. The molecule has 2 atom stereocenters. The lowest BCUT2D eigenvalue weighted by Crippen LogP contribution is -2.55. The largest absolute Gasteiger partial charge is 0.453 e. The van der Waals surface area contributed by atoms with Crippen molar-refractivity contribution in [2.45, 2.75) is 37.4 Å². The summed E-state index contributed by atoms with van der Waals surface area (Å²) in [7, 11) is 1.25. The number of nitrogens with one attached hydrogen (secondary N) is 2. The van der Waals surface area contributed by atoms with Gasteiger partial charge in [0.05, 0.1) is 7.11 Å². The number of carbonyl (C=O) groups is 3. The van der Waals surface area contributed by atoms with Crippen LogP contribution in [0.15, 0.2) is 79.0 Å². The molecule has 194 valence electrons. The Morgan fingerprint density at radius 1 is 1.05 bits per heavy atom. The van der Waals surface area contributed by atoms with Gasteiger partial charge in [0.15, 0.2) is 0 Å². The zero-order valence-corrected chi connectivity index (χ0v) is 21.0. The number of methoxy groups -OCH3 is 1. The fourth-order valence-electron chi connectivity index (χ4n) is 4.76. The van der Waals surface area contributed by atoms with Crippen molar-refractivity contribution in [3.63, 3.8) is 0 Å². The van der Waals surface area contributed by atoms with Crippen LogP contribution in [0, 0.1) is 11.3 Å². The quantitative estimate of drug-likeness (QED) is 0.479. The highest BCUT2D eigenvalue weighted by Crippen LogP contribution is 2.31. The molecule has 0 spiro atoms. The predicted molar refractivity (Wildman–Crippen MR) is 140 cm³/mol. The molecule has 2 aromatic carbocycles. The van der Waals surface area contributed by atoms with Gasteiger partial charge in [0.1, 0.15) is 23.8 Å². The Hall–Kier alpha value is -4.71. The summed E-state index contributed by atoms with van der Waals surface area (Å²) in [6.07, 6.45) is 1.98. The van der Waals surface area contributed by atoms with Gasteiger partial charge in [-0.25, -0.2) is 9.78 Å². The fraction of sp³-hybridized carbons (Fsp3) is 0.276. The molecule has 0 unspecified atom stereocenters. The normalized spacial score (nSPS) is 15.4. The van der Waals surface area contributed by atoms with Crippen molar-refractivity contribution in [1.82, 2.24) is 20.5 Å². The first kappa shape index (κ1) is 26.4. The first-order valence-electron chi connectivity index (χ1n) is 12.4. The number of rotatable bonds is 8. The topological polar surface area (TPSA) is 124 Å². The maximum absolute atomic E-state index is 14.1. The molecular formula is C29H29N5O4. The van der Waals surface area contributed by atoms with Gasteiger partial charge in [-0.2, -0.15) is 5.26 Å². The van der Waals surface area contributed by atoms with Gasteiger partial charge in [-0.1, -0.05) is 66.7 Å². The van der Waals surface area contributed by atoms with E-state index in [-0.39, 0.29) is 18.4 Å². The smallest absolute Gasteiger partial charge is 0.407 e. The van der Waals surface area contributed by atoms with Crippen LogP contribution in [-0.4, -0.2) is 53.5 Å². The second-order valence-corrected chi connectivity index (χ2v) is 8.98. The number of benzene rings is 2. The Labute approximate surface area is 221 Å². The molecule has 9 heteroatoms. The highest BCUT2D eigenvalue weighted by atomic mass is 16.5. The van der Waals surface area contributed by atoms with Crippen LogP contribution in [-0.2, 0) is 20.9 Å². The number of nitriles is 1. The number of amides is 3. The maximum Gasteiger partial charge on any atom is 0.407 e. The Kier molecular flexibility index (Phi) is 8.67. The SMILES string of the molecule is COC(=O)N[C@@H](C(=O)N1CCC[C@H]1C(=O)NCc1ccc(C#N)nc1)C(c1ccccc1)c1ccccc1. The van der Waals surface area contributed by atoms with E-state index in [1.54, 1.807) is 17.0 Å². The number of ether oxygens (including phenoxy) is 1. The average Bonchev–Trinajstić information content (AvgIpc) is 3.47. The van der Waals surface area contributed by atoms with Gasteiger partial charge in [-0.15, -0.1) is 0 Å². The third kappa shape index (κ3) is 6.16. The van der Waals surface area contributed by atoms with Gasteiger partial charge in [-0.05, 0) is 35.6 Å². The number of hydrogen-bond donors (Lipinski definition) is 2. The number of likely N-dealkylation sites (tertiary alicyclic amines) is 1. The Balaban J connectivity index is 1.59. The number of nitrogens with zero attached hydrogens (tertiary/aromatic N) is 3. The minimum Gasteiger partial charge on any atom is -0.453 e. The summed E-state index contributed by atoms with van der Waals surface area (Å²) >= 11 is 0. The Morgan fingerprint density at radius 3 is 2.26 bits per heavy atom. The van der Waals surface area contributed by atoms with Gasteiger partial charge >= 0.3 is 6.09 Å². The van der Waals surface area contributed by atoms with E-state index < -0.39 is 24.1 Å². The maximum atomic E-state index is 14.1. The first-order valence-corrected chi connectivity index (χ1v) is 12.4. The first-order chi connectivity index (χ1) is 18.5. The lowest BCUT2D eigenvalue weighted by Gasteiger charge is -2.33. The standard InChI is InChI=1S/C29H29N5O4/c1-38-29(37)33-26(25(21-9-4-2-5-10-21)22-11-6-3-7-12-22)28(36)34-16-8-13-24(34)27(35)32-19-20-14-15-23(17-30)31-18-20/h2-7,9-12,14-15,18,24-26H,8,13,16,19H2,1H3,(H,32,35)(H,33,37)/t24-,26+/m0/s1. The van der Waals surface area contributed by atoms with Crippen LogP contribution < -0.4 is 10.6 Å². The van der Waals surface area contributed by atoms with Crippen molar-refractivity contribution < 1.29 is 19.1 Å². The van der Waals surface area contributed by atoms with E-state index in [1.165, 1.54) is 13.3 Å². The van der Waals surface area contributed by atoms with E-state index >= 15 is 0 Å². The molecule has 1 aromatic heterocycles. The molecule has 38 heavy (non-hydrogen) atoms. The van der Waals surface area contributed by atoms with E-state index in [4.69, 9.17) is 10.00 Å². The zero-order chi connectivity index (χ0) is 26.9. The molecule has 1 saturated heterocycles. The molecule has 9 nitrogen and oxygen atoms in total. The number of aromatic nitrogens is 1. The molecule has 2 N–H and O–H groups in total. The summed E-state index contributed by atoms with van der Waals surface area (Å²) in [4.78, 5) is 45.2. The summed E-state index contributed by atoms with van der Waals surface area (Å²) in [6, 6.07) is 22.6. The molecule has 3 amide bonds. The van der Waals surface area contributed by atoms with Gasteiger partial charge in [0.2, 0.25) is 11.8 Å². The second kappa shape index (κ2) is 12.5. The van der Waals surface area contributed by atoms with E-state index in [9.17, 15) is 14.4 Å². The predicted octanol–water partition coefficient (Wildman–Crippen LogP) is 3.12. The van der Waals surface area contributed by atoms with Gasteiger partial charge in [-0.3, -0.25) is 9.59 Å². The molecular weight excluding hydrogens is 482 g/mol. The highest BCUT2D eigenvalue weighted by molar-refractivity contribution is 5.93. The molecule has 0 aliphatic carbocycles. The van der Waals surface area contributed by atoms with Crippen LogP contribution >= 0.6 is 0 Å². The van der Waals surface area contributed by atoms with Crippen molar-refractivity contribution in [3.05, 3.63) is 101 Å². The number of hydrogen-bond acceptors (Lipinski definition) is 6. The molecule has 1 aliphatic rings. The monoisotopic (exact) mass is 511 g/mol. The van der Waals surface area contributed by atoms with Crippen molar-refractivity contribution >= 4 is 17.9 Å². The minimum absolute atomic E-state index is 0.219. The van der Waals surface area contributed by atoms with E-state index in [0.717, 1.165) is 16.7 Å².